The predicted octanol–water partition coefficient (Wildman–Crippen LogP) is 5.97. The van der Waals surface area contributed by atoms with Gasteiger partial charge in [0.05, 0.1) is 6.04 Å². The first-order valence-corrected chi connectivity index (χ1v) is 8.79. The lowest BCUT2D eigenvalue weighted by atomic mass is 9.90. The molecule has 0 bridgehead atoms. The highest BCUT2D eigenvalue weighted by Gasteiger charge is 2.19. The molecule has 1 nitrogen and oxygen atoms in total. The Hall–Kier alpha value is -0.790. The summed E-state index contributed by atoms with van der Waals surface area (Å²) in [6.07, 6.45) is 11.4. The van der Waals surface area contributed by atoms with E-state index in [1.165, 1.54) is 55.2 Å². The van der Waals surface area contributed by atoms with Gasteiger partial charge in [-0.1, -0.05) is 61.2 Å². The van der Waals surface area contributed by atoms with E-state index in [0.29, 0.717) is 0 Å². The summed E-state index contributed by atoms with van der Waals surface area (Å²) in [7, 11) is 0. The van der Waals surface area contributed by atoms with Gasteiger partial charge in [-0.3, -0.25) is 0 Å². The van der Waals surface area contributed by atoms with Crippen LogP contribution in [0.5, 0.6) is 0 Å². The van der Waals surface area contributed by atoms with Crippen LogP contribution in [0.2, 0.25) is 5.02 Å². The second kappa shape index (κ2) is 8.60. The summed E-state index contributed by atoms with van der Waals surface area (Å²) in [5.41, 5.74) is 3.96. The van der Waals surface area contributed by atoms with Gasteiger partial charge in [0, 0.05) is 5.02 Å². The van der Waals surface area contributed by atoms with E-state index in [1.807, 2.05) is 0 Å². The fourth-order valence-corrected chi connectivity index (χ4v) is 3.34. The third kappa shape index (κ3) is 4.59. The van der Waals surface area contributed by atoms with Crippen LogP contribution in [-0.2, 0) is 0 Å². The molecule has 1 aromatic rings. The minimum atomic E-state index is 0.287. The van der Waals surface area contributed by atoms with E-state index in [0.717, 1.165) is 18.0 Å². The minimum Gasteiger partial charge on any atom is -0.306 e. The highest BCUT2D eigenvalue weighted by atomic mass is 35.5. The number of rotatable bonds is 5. The van der Waals surface area contributed by atoms with Gasteiger partial charge in [-0.25, -0.2) is 0 Å². The summed E-state index contributed by atoms with van der Waals surface area (Å²) < 4.78 is 0. The van der Waals surface area contributed by atoms with E-state index < -0.39 is 0 Å². The van der Waals surface area contributed by atoms with Gasteiger partial charge in [-0.2, -0.15) is 0 Å². The molecule has 116 valence electrons. The fourth-order valence-electron chi connectivity index (χ4n) is 3.10. The molecular weight excluding hydrogens is 278 g/mol. The monoisotopic (exact) mass is 305 g/mol. The van der Waals surface area contributed by atoms with E-state index >= 15 is 0 Å². The molecule has 1 atom stereocenters. The summed E-state index contributed by atoms with van der Waals surface area (Å²) >= 11 is 6.59. The van der Waals surface area contributed by atoms with Crippen LogP contribution in [0, 0.1) is 6.92 Å². The largest absolute Gasteiger partial charge is 0.306 e. The zero-order chi connectivity index (χ0) is 15.1. The van der Waals surface area contributed by atoms with Crippen LogP contribution in [0.15, 0.2) is 29.8 Å². The molecule has 0 fully saturated rings. The lowest BCUT2D eigenvalue weighted by Crippen LogP contribution is -2.25. The van der Waals surface area contributed by atoms with Crippen molar-refractivity contribution in [2.45, 2.75) is 64.8 Å². The average Bonchev–Trinajstić information content (AvgIpc) is 2.44. The van der Waals surface area contributed by atoms with Crippen molar-refractivity contribution < 1.29 is 0 Å². The maximum atomic E-state index is 6.59. The first kappa shape index (κ1) is 16.6. The van der Waals surface area contributed by atoms with Crippen molar-refractivity contribution >= 4 is 11.6 Å². The van der Waals surface area contributed by atoms with Crippen molar-refractivity contribution in [3.05, 3.63) is 46.0 Å². The number of nitrogens with one attached hydrogen (secondary N) is 1. The summed E-state index contributed by atoms with van der Waals surface area (Å²) in [5, 5.41) is 4.64. The summed E-state index contributed by atoms with van der Waals surface area (Å²) in [6, 6.07) is 6.69. The molecule has 1 aliphatic rings. The maximum Gasteiger partial charge on any atom is 0.0550 e. The highest BCUT2D eigenvalue weighted by Crippen LogP contribution is 2.34. The van der Waals surface area contributed by atoms with Crippen LogP contribution >= 0.6 is 11.6 Å². The van der Waals surface area contributed by atoms with Gasteiger partial charge in [0.15, 0.2) is 0 Å². The second-order valence-corrected chi connectivity index (χ2v) is 6.48. The molecule has 0 amide bonds. The molecule has 0 spiro atoms. The van der Waals surface area contributed by atoms with Crippen molar-refractivity contribution in [2.24, 2.45) is 0 Å². The van der Waals surface area contributed by atoms with Gasteiger partial charge in [0.25, 0.3) is 0 Å². The van der Waals surface area contributed by atoms with Gasteiger partial charge < -0.3 is 5.32 Å². The molecule has 1 N–H and O–H groups in total. The predicted molar refractivity (Wildman–Crippen MR) is 93.0 cm³/mol. The van der Waals surface area contributed by atoms with Gasteiger partial charge in [0.1, 0.15) is 0 Å². The Labute approximate surface area is 134 Å². The Morgan fingerprint density at radius 1 is 1.19 bits per heavy atom. The number of halogens is 1. The normalized spacial score (nSPS) is 20.2. The van der Waals surface area contributed by atoms with Crippen LogP contribution in [-0.4, -0.2) is 6.54 Å². The molecular formula is C19H28ClN. The Morgan fingerprint density at radius 3 is 2.81 bits per heavy atom. The zero-order valence-corrected chi connectivity index (χ0v) is 14.2. The first-order valence-electron chi connectivity index (χ1n) is 8.41. The molecule has 1 aromatic carbocycles. The first-order chi connectivity index (χ1) is 10.2. The standard InChI is InChI=1S/C19H28ClN/c1-3-14-21-19(16-11-7-5-4-6-8-12-16)17-13-9-10-15(2)18(17)20/h9-11,13,19,21H,3-8,12,14H2,1-2H3/b16-11+. The van der Waals surface area contributed by atoms with Crippen LogP contribution in [0.1, 0.15) is 69.0 Å². The number of aryl methyl sites for hydroxylation is 1. The van der Waals surface area contributed by atoms with Crippen molar-refractivity contribution in [3.63, 3.8) is 0 Å². The molecule has 0 saturated heterocycles. The third-order valence-electron chi connectivity index (χ3n) is 4.33. The Morgan fingerprint density at radius 2 is 2.00 bits per heavy atom. The Kier molecular flexibility index (Phi) is 6.79. The topological polar surface area (TPSA) is 12.0 Å². The summed E-state index contributed by atoms with van der Waals surface area (Å²) in [4.78, 5) is 0. The molecule has 0 radical (unpaired) electrons. The molecule has 21 heavy (non-hydrogen) atoms. The molecule has 1 unspecified atom stereocenters. The highest BCUT2D eigenvalue weighted by molar-refractivity contribution is 6.32. The van der Waals surface area contributed by atoms with E-state index in [2.05, 4.69) is 43.4 Å². The summed E-state index contributed by atoms with van der Waals surface area (Å²) in [5.74, 6) is 0. The molecule has 0 aromatic heterocycles. The maximum absolute atomic E-state index is 6.59. The number of allylic oxidation sites excluding steroid dienone is 1. The molecule has 2 rings (SSSR count). The quantitative estimate of drug-likeness (QED) is 0.661. The number of hydrogen-bond donors (Lipinski definition) is 1. The number of benzene rings is 1. The van der Waals surface area contributed by atoms with E-state index in [1.54, 1.807) is 0 Å². The van der Waals surface area contributed by atoms with Crippen LogP contribution in [0.3, 0.4) is 0 Å². The lowest BCUT2D eigenvalue weighted by molar-refractivity contribution is 0.540. The molecule has 0 heterocycles. The van der Waals surface area contributed by atoms with E-state index in [-0.39, 0.29) is 6.04 Å². The third-order valence-corrected chi connectivity index (χ3v) is 4.84. The van der Waals surface area contributed by atoms with Gasteiger partial charge in [-0.05, 0) is 56.7 Å². The second-order valence-electron chi connectivity index (χ2n) is 6.10. The molecule has 1 aliphatic carbocycles. The Bertz CT molecular complexity index is 478. The van der Waals surface area contributed by atoms with E-state index in [4.69, 9.17) is 11.6 Å². The zero-order valence-electron chi connectivity index (χ0n) is 13.4. The SMILES string of the molecule is CCCNC(/C1=C/CCCCCC1)c1cccc(C)c1Cl. The van der Waals surface area contributed by atoms with Crippen LogP contribution < -0.4 is 5.32 Å². The van der Waals surface area contributed by atoms with E-state index in [9.17, 15) is 0 Å². The van der Waals surface area contributed by atoms with Gasteiger partial charge in [0.2, 0.25) is 0 Å². The van der Waals surface area contributed by atoms with Gasteiger partial charge in [-0.15, -0.1) is 0 Å². The number of hydrogen-bond acceptors (Lipinski definition) is 1. The minimum absolute atomic E-state index is 0.287. The van der Waals surface area contributed by atoms with Crippen molar-refractivity contribution in [1.29, 1.82) is 0 Å². The molecule has 2 heteroatoms. The van der Waals surface area contributed by atoms with Crippen LogP contribution in [0.25, 0.3) is 0 Å². The fraction of sp³-hybridized carbons (Fsp3) is 0.579. The smallest absolute Gasteiger partial charge is 0.0550 e. The summed E-state index contributed by atoms with van der Waals surface area (Å²) in [6.45, 7) is 5.34. The van der Waals surface area contributed by atoms with Gasteiger partial charge >= 0.3 is 0 Å². The van der Waals surface area contributed by atoms with Crippen molar-refractivity contribution in [2.75, 3.05) is 6.54 Å². The molecule has 0 saturated carbocycles. The van der Waals surface area contributed by atoms with Crippen LogP contribution in [0.4, 0.5) is 0 Å². The lowest BCUT2D eigenvalue weighted by Gasteiger charge is -2.25. The Balaban J connectivity index is 2.30. The molecule has 0 aliphatic heterocycles. The van der Waals surface area contributed by atoms with Crippen molar-refractivity contribution in [3.8, 4) is 0 Å². The van der Waals surface area contributed by atoms with Crippen molar-refractivity contribution in [1.82, 2.24) is 5.32 Å². The average molecular weight is 306 g/mol.